The van der Waals surface area contributed by atoms with Crippen LogP contribution in [0.25, 0.3) is 11.1 Å². The van der Waals surface area contributed by atoms with Gasteiger partial charge in [-0.1, -0.05) is 30.3 Å². The van der Waals surface area contributed by atoms with E-state index >= 15 is 0 Å². The van der Waals surface area contributed by atoms with Gasteiger partial charge in [0.1, 0.15) is 5.82 Å². The first-order valence-corrected chi connectivity index (χ1v) is 11.2. The Morgan fingerprint density at radius 2 is 1.84 bits per heavy atom. The third kappa shape index (κ3) is 5.27. The fourth-order valence-corrected chi connectivity index (χ4v) is 4.19. The Labute approximate surface area is 185 Å². The van der Waals surface area contributed by atoms with Crippen molar-refractivity contribution in [2.75, 3.05) is 45.2 Å². The molecule has 1 saturated heterocycles. The summed E-state index contributed by atoms with van der Waals surface area (Å²) in [5.41, 5.74) is 11.1. The lowest BCUT2D eigenvalue weighted by Gasteiger charge is -2.32. The highest BCUT2D eigenvalue weighted by Gasteiger charge is 2.28. The summed E-state index contributed by atoms with van der Waals surface area (Å²) in [4.78, 5) is 9.21. The SMILES string of the molecule is CN(C)c1cccc(-c2cccc(C3(N)N=CC=C(NCCCN4CCCC4)N3)c2)c1. The van der Waals surface area contributed by atoms with Gasteiger partial charge >= 0.3 is 0 Å². The van der Waals surface area contributed by atoms with Gasteiger partial charge in [0.15, 0.2) is 0 Å². The van der Waals surface area contributed by atoms with Crippen LogP contribution in [0.4, 0.5) is 5.69 Å². The van der Waals surface area contributed by atoms with E-state index in [1.165, 1.54) is 31.6 Å². The van der Waals surface area contributed by atoms with E-state index in [-0.39, 0.29) is 0 Å². The number of nitrogens with one attached hydrogen (secondary N) is 2. The molecule has 0 radical (unpaired) electrons. The van der Waals surface area contributed by atoms with E-state index in [4.69, 9.17) is 5.73 Å². The Balaban J connectivity index is 1.42. The molecule has 4 N–H and O–H groups in total. The van der Waals surface area contributed by atoms with Crippen LogP contribution in [-0.2, 0) is 5.79 Å². The van der Waals surface area contributed by atoms with E-state index in [1.54, 1.807) is 6.21 Å². The van der Waals surface area contributed by atoms with Crippen molar-refractivity contribution in [3.05, 3.63) is 66.0 Å². The van der Waals surface area contributed by atoms with E-state index in [9.17, 15) is 0 Å². The van der Waals surface area contributed by atoms with Crippen LogP contribution in [0.2, 0.25) is 0 Å². The molecule has 164 valence electrons. The molecular formula is C25H34N6. The summed E-state index contributed by atoms with van der Waals surface area (Å²) < 4.78 is 0. The Hall–Kier alpha value is -2.83. The zero-order valence-corrected chi connectivity index (χ0v) is 18.6. The van der Waals surface area contributed by atoms with Crippen molar-refractivity contribution in [1.82, 2.24) is 15.5 Å². The number of aliphatic imine (C=N–C) groups is 1. The number of benzene rings is 2. The standard InChI is InChI=1S/C25H34N6/c1-30(2)23-11-6-9-21(19-23)20-8-5-10-22(18-20)25(26)28-14-12-24(29-25)27-13-7-17-31-15-3-4-16-31/h5-6,8-12,14,18-19,27,29H,3-4,7,13,15-17,26H2,1-2H3. The maximum Gasteiger partial charge on any atom is 0.210 e. The van der Waals surface area contributed by atoms with Crippen molar-refractivity contribution >= 4 is 11.9 Å². The Morgan fingerprint density at radius 1 is 1.10 bits per heavy atom. The lowest BCUT2D eigenvalue weighted by molar-refractivity contribution is 0.329. The van der Waals surface area contributed by atoms with E-state index in [1.807, 2.05) is 18.2 Å². The van der Waals surface area contributed by atoms with Gasteiger partial charge in [-0.2, -0.15) is 0 Å². The Bertz CT molecular complexity index is 945. The predicted octanol–water partition coefficient (Wildman–Crippen LogP) is 3.08. The molecular weight excluding hydrogens is 384 g/mol. The second-order valence-corrected chi connectivity index (χ2v) is 8.60. The van der Waals surface area contributed by atoms with Gasteiger partial charge in [0.2, 0.25) is 5.79 Å². The molecule has 0 amide bonds. The summed E-state index contributed by atoms with van der Waals surface area (Å²) in [5, 5.41) is 6.87. The molecule has 2 aromatic rings. The second-order valence-electron chi connectivity index (χ2n) is 8.60. The quantitative estimate of drug-likeness (QED) is 0.575. The topological polar surface area (TPSA) is 68.9 Å². The minimum absolute atomic E-state index is 0.913. The summed E-state index contributed by atoms with van der Waals surface area (Å²) in [7, 11) is 4.11. The molecule has 6 heteroatoms. The van der Waals surface area contributed by atoms with E-state index in [2.05, 4.69) is 75.9 Å². The molecule has 1 atom stereocenters. The largest absolute Gasteiger partial charge is 0.378 e. The maximum absolute atomic E-state index is 6.69. The van der Waals surface area contributed by atoms with Crippen LogP contribution in [0.3, 0.4) is 0 Å². The fraction of sp³-hybridized carbons (Fsp3) is 0.400. The minimum Gasteiger partial charge on any atom is -0.378 e. The first kappa shape index (κ1) is 21.4. The van der Waals surface area contributed by atoms with Gasteiger partial charge in [-0.3, -0.25) is 5.73 Å². The van der Waals surface area contributed by atoms with Gasteiger partial charge < -0.3 is 20.4 Å². The van der Waals surface area contributed by atoms with Gasteiger partial charge in [-0.25, -0.2) is 4.99 Å². The maximum atomic E-state index is 6.69. The van der Waals surface area contributed by atoms with E-state index < -0.39 is 5.79 Å². The molecule has 2 aliphatic rings. The fourth-order valence-electron chi connectivity index (χ4n) is 4.19. The van der Waals surface area contributed by atoms with Crippen LogP contribution in [0.1, 0.15) is 24.8 Å². The average molecular weight is 419 g/mol. The lowest BCUT2D eigenvalue weighted by atomic mass is 9.99. The number of hydrogen-bond donors (Lipinski definition) is 3. The van der Waals surface area contributed by atoms with Crippen LogP contribution < -0.4 is 21.3 Å². The molecule has 31 heavy (non-hydrogen) atoms. The van der Waals surface area contributed by atoms with Gasteiger partial charge in [0.25, 0.3) is 0 Å². The first-order chi connectivity index (χ1) is 15.0. The highest BCUT2D eigenvalue weighted by atomic mass is 15.3. The van der Waals surface area contributed by atoms with Crippen LogP contribution in [0.5, 0.6) is 0 Å². The van der Waals surface area contributed by atoms with Crippen LogP contribution in [0, 0.1) is 0 Å². The van der Waals surface area contributed by atoms with Gasteiger partial charge in [0, 0.05) is 38.1 Å². The van der Waals surface area contributed by atoms with E-state index in [0.29, 0.717) is 0 Å². The van der Waals surface area contributed by atoms with Gasteiger partial charge in [-0.15, -0.1) is 0 Å². The monoisotopic (exact) mass is 418 g/mol. The molecule has 4 rings (SSSR count). The third-order valence-electron chi connectivity index (χ3n) is 6.01. The smallest absolute Gasteiger partial charge is 0.210 e. The predicted molar refractivity (Wildman–Crippen MR) is 130 cm³/mol. The molecule has 2 aromatic carbocycles. The number of anilines is 1. The van der Waals surface area contributed by atoms with E-state index in [0.717, 1.165) is 42.0 Å². The number of allylic oxidation sites excluding steroid dienone is 1. The zero-order chi connectivity index (χ0) is 21.7. The second kappa shape index (κ2) is 9.54. The average Bonchev–Trinajstić information content (AvgIpc) is 3.31. The molecule has 0 aromatic heterocycles. The molecule has 2 aliphatic heterocycles. The van der Waals surface area contributed by atoms with Crippen molar-refractivity contribution in [3.63, 3.8) is 0 Å². The molecule has 2 heterocycles. The number of likely N-dealkylation sites (tertiary alicyclic amines) is 1. The molecule has 6 nitrogen and oxygen atoms in total. The number of nitrogens with two attached hydrogens (primary N) is 1. The van der Waals surface area contributed by atoms with Crippen molar-refractivity contribution in [2.45, 2.75) is 25.0 Å². The summed E-state index contributed by atoms with van der Waals surface area (Å²) in [6.45, 7) is 4.55. The van der Waals surface area contributed by atoms with Gasteiger partial charge in [0.05, 0.1) is 0 Å². The Kier molecular flexibility index (Phi) is 6.59. The van der Waals surface area contributed by atoms with Crippen LogP contribution >= 0.6 is 0 Å². The summed E-state index contributed by atoms with van der Waals surface area (Å²) in [6.07, 6.45) is 7.53. The zero-order valence-electron chi connectivity index (χ0n) is 18.6. The molecule has 0 aliphatic carbocycles. The summed E-state index contributed by atoms with van der Waals surface area (Å²) >= 11 is 0. The normalized spacial score (nSPS) is 20.9. The summed E-state index contributed by atoms with van der Waals surface area (Å²) in [6, 6.07) is 16.8. The summed E-state index contributed by atoms with van der Waals surface area (Å²) in [5.74, 6) is -0.0692. The van der Waals surface area contributed by atoms with Gasteiger partial charge in [-0.05, 0) is 74.3 Å². The van der Waals surface area contributed by atoms with Crippen molar-refractivity contribution in [2.24, 2.45) is 10.7 Å². The van der Waals surface area contributed by atoms with Crippen LogP contribution in [-0.4, -0.2) is 51.4 Å². The third-order valence-corrected chi connectivity index (χ3v) is 6.01. The molecule has 0 spiro atoms. The number of rotatable bonds is 8. The first-order valence-electron chi connectivity index (χ1n) is 11.2. The van der Waals surface area contributed by atoms with Crippen molar-refractivity contribution in [1.29, 1.82) is 0 Å². The number of nitrogens with zero attached hydrogens (tertiary/aromatic N) is 3. The molecule has 1 fully saturated rings. The van der Waals surface area contributed by atoms with Crippen LogP contribution in [0.15, 0.2) is 65.4 Å². The molecule has 0 bridgehead atoms. The molecule has 0 saturated carbocycles. The highest BCUT2D eigenvalue weighted by Crippen LogP contribution is 2.28. The number of hydrogen-bond acceptors (Lipinski definition) is 6. The molecule has 1 unspecified atom stereocenters. The Morgan fingerprint density at radius 3 is 2.61 bits per heavy atom. The van der Waals surface area contributed by atoms with Crippen molar-refractivity contribution < 1.29 is 0 Å². The highest BCUT2D eigenvalue weighted by molar-refractivity contribution is 5.74. The lowest BCUT2D eigenvalue weighted by Crippen LogP contribution is -2.52. The minimum atomic E-state index is -0.985. The van der Waals surface area contributed by atoms with Crippen molar-refractivity contribution in [3.8, 4) is 11.1 Å².